The molecule has 2 heteroatoms. The molecular formula is C17H17FO. The average molecular weight is 256 g/mol. The van der Waals surface area contributed by atoms with Gasteiger partial charge >= 0.3 is 0 Å². The van der Waals surface area contributed by atoms with E-state index in [9.17, 15) is 9.18 Å². The lowest BCUT2D eigenvalue weighted by atomic mass is 9.97. The zero-order valence-corrected chi connectivity index (χ0v) is 11.4. The second-order valence-electron chi connectivity index (χ2n) is 5.03. The highest BCUT2D eigenvalue weighted by Crippen LogP contribution is 2.26. The van der Waals surface area contributed by atoms with Crippen LogP contribution >= 0.6 is 0 Å². The molecule has 0 fully saturated rings. The van der Waals surface area contributed by atoms with E-state index in [-0.39, 0.29) is 11.6 Å². The van der Waals surface area contributed by atoms with Crippen molar-refractivity contribution in [3.8, 4) is 11.1 Å². The zero-order chi connectivity index (χ0) is 14.0. The van der Waals surface area contributed by atoms with Gasteiger partial charge in [-0.3, -0.25) is 4.79 Å². The van der Waals surface area contributed by atoms with Crippen molar-refractivity contribution in [2.45, 2.75) is 26.7 Å². The van der Waals surface area contributed by atoms with Gasteiger partial charge in [-0.2, -0.15) is 0 Å². The molecule has 0 unspecified atom stereocenters. The molecule has 0 amide bonds. The number of halogens is 1. The van der Waals surface area contributed by atoms with Crippen LogP contribution in [-0.2, 0) is 0 Å². The van der Waals surface area contributed by atoms with Crippen LogP contribution in [0.1, 0.15) is 42.6 Å². The Morgan fingerprint density at radius 2 is 1.68 bits per heavy atom. The highest BCUT2D eigenvalue weighted by molar-refractivity contribution is 5.95. The molecule has 1 nitrogen and oxygen atoms in total. The lowest BCUT2D eigenvalue weighted by Crippen LogP contribution is -1.95. The van der Waals surface area contributed by atoms with Crippen molar-refractivity contribution in [1.29, 1.82) is 0 Å². The van der Waals surface area contributed by atoms with Gasteiger partial charge in [0.15, 0.2) is 5.78 Å². The van der Waals surface area contributed by atoms with E-state index in [2.05, 4.69) is 13.8 Å². The summed E-state index contributed by atoms with van der Waals surface area (Å²) in [5.74, 6) is 0.0878. The highest BCUT2D eigenvalue weighted by Gasteiger charge is 2.09. The number of hydrogen-bond acceptors (Lipinski definition) is 1. The Labute approximate surface area is 113 Å². The predicted molar refractivity (Wildman–Crippen MR) is 75.9 cm³/mol. The zero-order valence-electron chi connectivity index (χ0n) is 11.4. The Morgan fingerprint density at radius 3 is 2.21 bits per heavy atom. The minimum absolute atomic E-state index is 0.0555. The third kappa shape index (κ3) is 2.90. The smallest absolute Gasteiger partial charge is 0.159 e. The van der Waals surface area contributed by atoms with Gasteiger partial charge in [-0.05, 0) is 42.2 Å². The number of rotatable bonds is 3. The van der Waals surface area contributed by atoms with E-state index in [1.165, 1.54) is 24.6 Å². The maximum absolute atomic E-state index is 13.9. The van der Waals surface area contributed by atoms with Crippen LogP contribution in [0.15, 0.2) is 42.5 Å². The monoisotopic (exact) mass is 256 g/mol. The van der Waals surface area contributed by atoms with Crippen LogP contribution in [0.25, 0.3) is 11.1 Å². The SMILES string of the molecule is CC(=O)c1ccc(F)c(-c2ccc(C(C)C)cc2)c1. The molecule has 0 saturated heterocycles. The van der Waals surface area contributed by atoms with Crippen LogP contribution in [0, 0.1) is 5.82 Å². The Morgan fingerprint density at radius 1 is 1.05 bits per heavy atom. The molecule has 0 aliphatic rings. The molecule has 0 aliphatic heterocycles. The van der Waals surface area contributed by atoms with E-state index in [4.69, 9.17) is 0 Å². The van der Waals surface area contributed by atoms with Crippen LogP contribution in [0.5, 0.6) is 0 Å². The first-order chi connectivity index (χ1) is 8.99. The second kappa shape index (κ2) is 5.35. The minimum Gasteiger partial charge on any atom is -0.295 e. The molecule has 0 radical (unpaired) electrons. The number of hydrogen-bond donors (Lipinski definition) is 0. The Hall–Kier alpha value is -1.96. The molecule has 0 atom stereocenters. The van der Waals surface area contributed by atoms with Gasteiger partial charge < -0.3 is 0 Å². The van der Waals surface area contributed by atoms with Crippen molar-refractivity contribution < 1.29 is 9.18 Å². The Bertz CT molecular complexity index is 597. The van der Waals surface area contributed by atoms with E-state index in [1.807, 2.05) is 24.3 Å². The van der Waals surface area contributed by atoms with Crippen LogP contribution in [-0.4, -0.2) is 5.78 Å². The first-order valence-electron chi connectivity index (χ1n) is 6.40. The van der Waals surface area contributed by atoms with Crippen molar-refractivity contribution in [2.24, 2.45) is 0 Å². The lowest BCUT2D eigenvalue weighted by molar-refractivity contribution is 0.101. The van der Waals surface area contributed by atoms with E-state index >= 15 is 0 Å². The van der Waals surface area contributed by atoms with Crippen LogP contribution < -0.4 is 0 Å². The maximum atomic E-state index is 13.9. The molecule has 0 N–H and O–H groups in total. The normalized spacial score (nSPS) is 10.8. The third-order valence-electron chi connectivity index (χ3n) is 3.26. The Balaban J connectivity index is 2.46. The van der Waals surface area contributed by atoms with Crippen molar-refractivity contribution >= 4 is 5.78 Å². The van der Waals surface area contributed by atoms with Gasteiger partial charge in [0.2, 0.25) is 0 Å². The quantitative estimate of drug-likeness (QED) is 0.720. The molecule has 0 heterocycles. The average Bonchev–Trinajstić information content (AvgIpc) is 2.39. The first kappa shape index (κ1) is 13.5. The van der Waals surface area contributed by atoms with Gasteiger partial charge in [0.05, 0.1) is 0 Å². The fraction of sp³-hybridized carbons (Fsp3) is 0.235. The predicted octanol–water partition coefficient (Wildman–Crippen LogP) is 4.82. The van der Waals surface area contributed by atoms with Gasteiger partial charge in [0.25, 0.3) is 0 Å². The van der Waals surface area contributed by atoms with Crippen LogP contribution in [0.3, 0.4) is 0 Å². The summed E-state index contributed by atoms with van der Waals surface area (Å²) >= 11 is 0. The number of Topliss-reactive ketones (excluding diaryl/α,β-unsaturated/α-hetero) is 1. The number of benzene rings is 2. The molecule has 19 heavy (non-hydrogen) atoms. The molecule has 0 aliphatic carbocycles. The summed E-state index contributed by atoms with van der Waals surface area (Å²) in [7, 11) is 0. The van der Waals surface area contributed by atoms with E-state index in [1.54, 1.807) is 6.07 Å². The van der Waals surface area contributed by atoms with Gasteiger partial charge in [0, 0.05) is 11.1 Å². The summed E-state index contributed by atoms with van der Waals surface area (Å²) in [4.78, 5) is 11.4. The molecule has 2 aromatic carbocycles. The summed E-state index contributed by atoms with van der Waals surface area (Å²) in [5.41, 5.74) is 3.02. The molecule has 2 rings (SSSR count). The topological polar surface area (TPSA) is 17.1 Å². The maximum Gasteiger partial charge on any atom is 0.159 e. The number of carbonyl (C=O) groups excluding carboxylic acids is 1. The molecule has 2 aromatic rings. The van der Waals surface area contributed by atoms with Crippen molar-refractivity contribution in [3.63, 3.8) is 0 Å². The summed E-state index contributed by atoms with van der Waals surface area (Å²) < 4.78 is 13.9. The minimum atomic E-state index is -0.303. The standard InChI is InChI=1S/C17H17FO/c1-11(2)13-4-6-14(7-5-13)16-10-15(12(3)19)8-9-17(16)18/h4-11H,1-3H3. The molecule has 0 aromatic heterocycles. The van der Waals surface area contributed by atoms with Gasteiger partial charge in [-0.15, -0.1) is 0 Å². The van der Waals surface area contributed by atoms with Crippen LogP contribution in [0.4, 0.5) is 4.39 Å². The second-order valence-corrected chi connectivity index (χ2v) is 5.03. The summed E-state index contributed by atoms with van der Waals surface area (Å²) in [6, 6.07) is 12.3. The van der Waals surface area contributed by atoms with E-state index < -0.39 is 0 Å². The third-order valence-corrected chi connectivity index (χ3v) is 3.26. The molecule has 98 valence electrons. The van der Waals surface area contributed by atoms with E-state index in [0.29, 0.717) is 17.0 Å². The van der Waals surface area contributed by atoms with Crippen molar-refractivity contribution in [1.82, 2.24) is 0 Å². The summed E-state index contributed by atoms with van der Waals surface area (Å²) in [6.07, 6.45) is 0. The fourth-order valence-electron chi connectivity index (χ4n) is 2.01. The molecule has 0 saturated carbocycles. The van der Waals surface area contributed by atoms with Gasteiger partial charge in [-0.25, -0.2) is 4.39 Å². The lowest BCUT2D eigenvalue weighted by Gasteiger charge is -2.09. The first-order valence-corrected chi connectivity index (χ1v) is 6.40. The number of ketones is 1. The molecule has 0 spiro atoms. The molecular weight excluding hydrogens is 239 g/mol. The Kier molecular flexibility index (Phi) is 3.79. The summed E-state index contributed by atoms with van der Waals surface area (Å²) in [6.45, 7) is 5.72. The summed E-state index contributed by atoms with van der Waals surface area (Å²) in [5, 5.41) is 0. The largest absolute Gasteiger partial charge is 0.295 e. The van der Waals surface area contributed by atoms with Crippen LogP contribution in [0.2, 0.25) is 0 Å². The van der Waals surface area contributed by atoms with Gasteiger partial charge in [-0.1, -0.05) is 38.1 Å². The van der Waals surface area contributed by atoms with Gasteiger partial charge in [0.1, 0.15) is 5.82 Å². The fourth-order valence-corrected chi connectivity index (χ4v) is 2.01. The molecule has 0 bridgehead atoms. The number of carbonyl (C=O) groups is 1. The highest BCUT2D eigenvalue weighted by atomic mass is 19.1. The van der Waals surface area contributed by atoms with E-state index in [0.717, 1.165) is 5.56 Å². The van der Waals surface area contributed by atoms with Crippen molar-refractivity contribution in [3.05, 3.63) is 59.4 Å². The van der Waals surface area contributed by atoms with Crippen molar-refractivity contribution in [2.75, 3.05) is 0 Å².